The lowest BCUT2D eigenvalue weighted by Gasteiger charge is -2.10. The largest absolute Gasteiger partial charge is 0.462 e. The van der Waals surface area contributed by atoms with Crippen LogP contribution in [-0.2, 0) is 23.8 Å². The Morgan fingerprint density at radius 3 is 2.72 bits per heavy atom. The number of carbonyl (C=O) groups excluding carboxylic acids is 3. The fourth-order valence-corrected chi connectivity index (χ4v) is 3.77. The first-order valence-corrected chi connectivity index (χ1v) is 9.34. The van der Waals surface area contributed by atoms with Gasteiger partial charge in [0.1, 0.15) is 5.00 Å². The predicted octanol–water partition coefficient (Wildman–Crippen LogP) is 2.46. The first kappa shape index (κ1) is 17.9. The van der Waals surface area contributed by atoms with Gasteiger partial charge in [-0.05, 0) is 49.5 Å². The van der Waals surface area contributed by atoms with Crippen molar-refractivity contribution in [3.8, 4) is 0 Å². The van der Waals surface area contributed by atoms with Crippen LogP contribution in [0.1, 0.15) is 54.4 Å². The van der Waals surface area contributed by atoms with Gasteiger partial charge in [0.05, 0.1) is 12.2 Å². The molecular formula is C17H21NO6S. The van der Waals surface area contributed by atoms with E-state index in [1.54, 1.807) is 6.92 Å². The van der Waals surface area contributed by atoms with E-state index in [1.165, 1.54) is 11.3 Å². The maximum Gasteiger partial charge on any atom is 0.341 e. The molecule has 0 aromatic carbocycles. The molecule has 2 heterocycles. The number of hydrogen-bond donors (Lipinski definition) is 1. The molecule has 1 aromatic rings. The van der Waals surface area contributed by atoms with Gasteiger partial charge in [0, 0.05) is 6.61 Å². The standard InChI is InChI=1S/C17H21NO6S/c1-2-22-17(21)14-11(10-5-6-10)9-25-15(14)18-13(19)8-24-16(20)12-4-3-7-23-12/h9-10,12H,2-8H2,1H3,(H,18,19)/t12-/m0/s1. The Bertz CT molecular complexity index is 660. The van der Waals surface area contributed by atoms with E-state index in [-0.39, 0.29) is 6.61 Å². The van der Waals surface area contributed by atoms with E-state index in [0.717, 1.165) is 24.8 Å². The maximum absolute atomic E-state index is 12.2. The fourth-order valence-electron chi connectivity index (χ4n) is 2.73. The molecule has 1 aromatic heterocycles. The van der Waals surface area contributed by atoms with Gasteiger partial charge in [-0.2, -0.15) is 0 Å². The van der Waals surface area contributed by atoms with Crippen LogP contribution in [0, 0.1) is 0 Å². The molecule has 1 atom stereocenters. The predicted molar refractivity (Wildman–Crippen MR) is 90.8 cm³/mol. The van der Waals surface area contributed by atoms with Crippen molar-refractivity contribution in [1.82, 2.24) is 0 Å². The van der Waals surface area contributed by atoms with Gasteiger partial charge in [0.2, 0.25) is 0 Å². The lowest BCUT2D eigenvalue weighted by Crippen LogP contribution is -2.27. The van der Waals surface area contributed by atoms with Crippen molar-refractivity contribution in [3.05, 3.63) is 16.5 Å². The molecule has 7 nitrogen and oxygen atoms in total. The number of amides is 1. The van der Waals surface area contributed by atoms with Crippen molar-refractivity contribution in [3.63, 3.8) is 0 Å². The third-order valence-electron chi connectivity index (χ3n) is 4.11. The van der Waals surface area contributed by atoms with Crippen LogP contribution >= 0.6 is 11.3 Å². The molecule has 0 unspecified atom stereocenters. The summed E-state index contributed by atoms with van der Waals surface area (Å²) in [6.45, 7) is 2.14. The number of ether oxygens (including phenoxy) is 3. The first-order valence-electron chi connectivity index (χ1n) is 8.46. The number of carbonyl (C=O) groups is 3. The number of hydrogen-bond acceptors (Lipinski definition) is 7. The summed E-state index contributed by atoms with van der Waals surface area (Å²) in [6.07, 6.45) is 2.92. The number of rotatable bonds is 7. The smallest absolute Gasteiger partial charge is 0.341 e. The van der Waals surface area contributed by atoms with Crippen LogP contribution in [-0.4, -0.2) is 43.8 Å². The van der Waals surface area contributed by atoms with Gasteiger partial charge in [0.25, 0.3) is 5.91 Å². The highest BCUT2D eigenvalue weighted by Gasteiger charge is 2.32. The topological polar surface area (TPSA) is 90.9 Å². The zero-order valence-electron chi connectivity index (χ0n) is 14.0. The summed E-state index contributed by atoms with van der Waals surface area (Å²) in [5.41, 5.74) is 1.35. The third-order valence-corrected chi connectivity index (χ3v) is 5.02. The third kappa shape index (κ3) is 4.38. The van der Waals surface area contributed by atoms with Gasteiger partial charge >= 0.3 is 11.9 Å². The van der Waals surface area contributed by atoms with Gasteiger partial charge in [-0.25, -0.2) is 9.59 Å². The zero-order valence-corrected chi connectivity index (χ0v) is 14.9. The molecule has 2 aliphatic rings. The summed E-state index contributed by atoms with van der Waals surface area (Å²) < 4.78 is 15.3. The molecular weight excluding hydrogens is 346 g/mol. The summed E-state index contributed by atoms with van der Waals surface area (Å²) in [4.78, 5) is 36.1. The molecule has 1 N–H and O–H groups in total. The normalized spacial score (nSPS) is 19.5. The summed E-state index contributed by atoms with van der Waals surface area (Å²) >= 11 is 1.29. The second kappa shape index (κ2) is 7.97. The Morgan fingerprint density at radius 1 is 1.28 bits per heavy atom. The molecule has 1 amide bonds. The van der Waals surface area contributed by atoms with Crippen LogP contribution in [0.4, 0.5) is 5.00 Å². The van der Waals surface area contributed by atoms with E-state index < -0.39 is 30.6 Å². The van der Waals surface area contributed by atoms with Crippen molar-refractivity contribution in [2.75, 3.05) is 25.1 Å². The molecule has 136 valence electrons. The lowest BCUT2D eigenvalue weighted by molar-refractivity contribution is -0.156. The van der Waals surface area contributed by atoms with Gasteiger partial charge < -0.3 is 19.5 Å². The van der Waals surface area contributed by atoms with Crippen LogP contribution in [0.3, 0.4) is 0 Å². The molecule has 1 aliphatic carbocycles. The van der Waals surface area contributed by atoms with Crippen LogP contribution in [0.2, 0.25) is 0 Å². The van der Waals surface area contributed by atoms with Crippen molar-refractivity contribution < 1.29 is 28.6 Å². The summed E-state index contributed by atoms with van der Waals surface area (Å²) in [5, 5.41) is 4.99. The highest BCUT2D eigenvalue weighted by atomic mass is 32.1. The van der Waals surface area contributed by atoms with Crippen molar-refractivity contribution in [2.24, 2.45) is 0 Å². The van der Waals surface area contributed by atoms with E-state index in [2.05, 4.69) is 5.32 Å². The monoisotopic (exact) mass is 367 g/mol. The molecule has 0 bridgehead atoms. The second-order valence-corrected chi connectivity index (χ2v) is 6.93. The average molecular weight is 367 g/mol. The number of nitrogens with one attached hydrogen (secondary N) is 1. The van der Waals surface area contributed by atoms with E-state index in [9.17, 15) is 14.4 Å². The number of anilines is 1. The zero-order chi connectivity index (χ0) is 17.8. The lowest BCUT2D eigenvalue weighted by atomic mass is 10.1. The Hall–Kier alpha value is -1.93. The van der Waals surface area contributed by atoms with Crippen LogP contribution in [0.5, 0.6) is 0 Å². The molecule has 2 fully saturated rings. The molecule has 1 saturated carbocycles. The average Bonchev–Trinajstić information content (AvgIpc) is 3.12. The number of thiophene rings is 1. The molecule has 3 rings (SSSR count). The molecule has 8 heteroatoms. The van der Waals surface area contributed by atoms with Crippen LogP contribution in [0.15, 0.2) is 5.38 Å². The van der Waals surface area contributed by atoms with Crippen molar-refractivity contribution in [1.29, 1.82) is 0 Å². The molecule has 1 saturated heterocycles. The van der Waals surface area contributed by atoms with E-state index in [1.807, 2.05) is 5.38 Å². The molecule has 25 heavy (non-hydrogen) atoms. The summed E-state index contributed by atoms with van der Waals surface area (Å²) in [7, 11) is 0. The molecule has 1 aliphatic heterocycles. The minimum absolute atomic E-state index is 0.269. The van der Waals surface area contributed by atoms with Gasteiger partial charge in [-0.15, -0.1) is 11.3 Å². The van der Waals surface area contributed by atoms with Gasteiger partial charge in [-0.1, -0.05) is 0 Å². The Labute approximate surface area is 149 Å². The second-order valence-electron chi connectivity index (χ2n) is 6.05. The van der Waals surface area contributed by atoms with Gasteiger partial charge in [-0.3, -0.25) is 4.79 Å². The molecule has 0 radical (unpaired) electrons. The SMILES string of the molecule is CCOC(=O)c1c(C2CC2)csc1NC(=O)COC(=O)[C@@H]1CCCO1. The Kier molecular flexibility index (Phi) is 5.70. The minimum atomic E-state index is -0.578. The fraction of sp³-hybridized carbons (Fsp3) is 0.588. The Balaban J connectivity index is 1.60. The van der Waals surface area contributed by atoms with Crippen molar-refractivity contribution in [2.45, 2.75) is 44.6 Å². The Morgan fingerprint density at radius 2 is 2.08 bits per heavy atom. The highest BCUT2D eigenvalue weighted by Crippen LogP contribution is 2.46. The summed E-state index contributed by atoms with van der Waals surface area (Å²) in [6, 6.07) is 0. The first-order chi connectivity index (χ1) is 12.1. The number of esters is 2. The highest BCUT2D eigenvalue weighted by molar-refractivity contribution is 7.15. The van der Waals surface area contributed by atoms with Crippen LogP contribution in [0.25, 0.3) is 0 Å². The van der Waals surface area contributed by atoms with E-state index >= 15 is 0 Å². The van der Waals surface area contributed by atoms with E-state index in [0.29, 0.717) is 29.5 Å². The van der Waals surface area contributed by atoms with E-state index in [4.69, 9.17) is 14.2 Å². The quantitative estimate of drug-likeness (QED) is 0.745. The van der Waals surface area contributed by atoms with Crippen LogP contribution < -0.4 is 5.32 Å². The molecule has 0 spiro atoms. The summed E-state index contributed by atoms with van der Waals surface area (Å²) in [5.74, 6) is -1.08. The van der Waals surface area contributed by atoms with Crippen molar-refractivity contribution >= 4 is 34.2 Å². The minimum Gasteiger partial charge on any atom is -0.462 e. The maximum atomic E-state index is 12.2. The van der Waals surface area contributed by atoms with Gasteiger partial charge in [0.15, 0.2) is 12.7 Å².